The van der Waals surface area contributed by atoms with Gasteiger partial charge >= 0.3 is 5.97 Å². The fourth-order valence-electron chi connectivity index (χ4n) is 2.72. The van der Waals surface area contributed by atoms with E-state index in [4.69, 9.17) is 16.1 Å². The third kappa shape index (κ3) is 4.47. The number of aliphatic carboxylic acids is 1. The number of benzene rings is 1. The number of hydrogen-bond donors (Lipinski definition) is 3. The second-order valence-corrected chi connectivity index (χ2v) is 5.63. The highest BCUT2D eigenvalue weighted by Gasteiger charge is 2.19. The van der Waals surface area contributed by atoms with Crippen molar-refractivity contribution in [1.82, 2.24) is 0 Å². The van der Waals surface area contributed by atoms with Crippen LogP contribution < -0.4 is 11.1 Å². The third-order valence-electron chi connectivity index (χ3n) is 3.98. The Morgan fingerprint density at radius 3 is 2.71 bits per heavy atom. The summed E-state index contributed by atoms with van der Waals surface area (Å²) in [7, 11) is 0. The molecule has 5 heteroatoms. The van der Waals surface area contributed by atoms with Gasteiger partial charge in [0.1, 0.15) is 0 Å². The summed E-state index contributed by atoms with van der Waals surface area (Å²) < 4.78 is 0. The van der Waals surface area contributed by atoms with Gasteiger partial charge in [-0.2, -0.15) is 5.26 Å². The zero-order valence-corrected chi connectivity index (χ0v) is 12.0. The van der Waals surface area contributed by atoms with E-state index in [0.717, 1.165) is 36.9 Å². The van der Waals surface area contributed by atoms with Crippen LogP contribution in [0.4, 0.5) is 5.69 Å². The Morgan fingerprint density at radius 2 is 2.10 bits per heavy atom. The molecule has 0 unspecified atom stereocenters. The van der Waals surface area contributed by atoms with Gasteiger partial charge in [-0.05, 0) is 49.8 Å². The largest absolute Gasteiger partial charge is 0.481 e. The van der Waals surface area contributed by atoms with Crippen molar-refractivity contribution < 1.29 is 9.90 Å². The maximum absolute atomic E-state index is 10.7. The van der Waals surface area contributed by atoms with Crippen LogP contribution in [-0.4, -0.2) is 23.2 Å². The second kappa shape index (κ2) is 7.09. The first-order chi connectivity index (χ1) is 10.1. The molecule has 5 nitrogen and oxygen atoms in total. The molecule has 0 saturated heterocycles. The average Bonchev–Trinajstić information content (AvgIpc) is 2.48. The van der Waals surface area contributed by atoms with Gasteiger partial charge in [-0.15, -0.1) is 0 Å². The Kier molecular flexibility index (Phi) is 5.18. The first-order valence-corrected chi connectivity index (χ1v) is 7.35. The fraction of sp³-hybridized carbons (Fsp3) is 0.500. The van der Waals surface area contributed by atoms with Gasteiger partial charge in [-0.3, -0.25) is 4.79 Å². The van der Waals surface area contributed by atoms with Crippen molar-refractivity contribution in [3.05, 3.63) is 29.3 Å². The molecule has 2 rings (SSSR count). The van der Waals surface area contributed by atoms with Crippen LogP contribution in [0.2, 0.25) is 0 Å². The lowest BCUT2D eigenvalue weighted by Gasteiger charge is -2.28. The molecule has 0 aliphatic heterocycles. The summed E-state index contributed by atoms with van der Waals surface area (Å²) in [4.78, 5) is 10.7. The number of carboxylic acids is 1. The minimum atomic E-state index is -0.811. The maximum atomic E-state index is 10.7. The van der Waals surface area contributed by atoms with Crippen LogP contribution in [-0.2, 0) is 11.2 Å². The first-order valence-electron chi connectivity index (χ1n) is 7.35. The van der Waals surface area contributed by atoms with Crippen molar-refractivity contribution in [1.29, 1.82) is 5.26 Å². The summed E-state index contributed by atoms with van der Waals surface area (Å²) in [5.41, 5.74) is 8.33. The van der Waals surface area contributed by atoms with E-state index in [9.17, 15) is 4.79 Å². The number of nitriles is 1. The zero-order chi connectivity index (χ0) is 15.2. The zero-order valence-electron chi connectivity index (χ0n) is 12.0. The van der Waals surface area contributed by atoms with Crippen LogP contribution in [0.5, 0.6) is 0 Å². The van der Waals surface area contributed by atoms with Gasteiger partial charge in [0.25, 0.3) is 0 Å². The summed E-state index contributed by atoms with van der Waals surface area (Å²) in [6.07, 6.45) is 4.58. The van der Waals surface area contributed by atoms with Gasteiger partial charge in [0.2, 0.25) is 0 Å². The fourth-order valence-corrected chi connectivity index (χ4v) is 2.72. The van der Waals surface area contributed by atoms with Crippen LogP contribution in [0.1, 0.15) is 43.2 Å². The molecule has 0 atom stereocenters. The normalized spacial score (nSPS) is 21.5. The quantitative estimate of drug-likeness (QED) is 0.771. The highest BCUT2D eigenvalue weighted by molar-refractivity contribution is 5.68. The lowest BCUT2D eigenvalue weighted by atomic mass is 9.91. The molecule has 4 N–H and O–H groups in total. The van der Waals surface area contributed by atoms with Crippen molar-refractivity contribution >= 4 is 11.7 Å². The molecule has 0 radical (unpaired) electrons. The van der Waals surface area contributed by atoms with Crippen molar-refractivity contribution in [2.75, 3.05) is 5.32 Å². The van der Waals surface area contributed by atoms with Crippen LogP contribution >= 0.6 is 0 Å². The van der Waals surface area contributed by atoms with Crippen molar-refractivity contribution in [3.8, 4) is 6.07 Å². The molecule has 112 valence electrons. The molecule has 0 spiro atoms. The first kappa shape index (κ1) is 15.3. The number of nitrogens with two attached hydrogens (primary N) is 1. The number of aryl methyl sites for hydroxylation is 1. The van der Waals surface area contributed by atoms with Gasteiger partial charge in [-0.25, -0.2) is 0 Å². The summed E-state index contributed by atoms with van der Waals surface area (Å²) in [5, 5.41) is 21.3. The number of nitrogens with zero attached hydrogens (tertiary/aromatic N) is 1. The molecule has 0 heterocycles. The number of rotatable bonds is 5. The van der Waals surface area contributed by atoms with E-state index >= 15 is 0 Å². The minimum Gasteiger partial charge on any atom is -0.481 e. The summed E-state index contributed by atoms with van der Waals surface area (Å²) >= 11 is 0. The molecule has 1 aromatic rings. The van der Waals surface area contributed by atoms with Gasteiger partial charge < -0.3 is 16.2 Å². The van der Waals surface area contributed by atoms with Gasteiger partial charge in [0.05, 0.1) is 11.6 Å². The standard InChI is InChI=1S/C16H21N3O2/c17-10-11-1-2-12(3-8-16(20)21)15(9-11)19-14-6-4-13(18)5-7-14/h1-2,9,13-14,19H,3-8,18H2,(H,20,21). The highest BCUT2D eigenvalue weighted by atomic mass is 16.4. The lowest BCUT2D eigenvalue weighted by Crippen LogP contribution is -2.33. The van der Waals surface area contributed by atoms with E-state index in [0.29, 0.717) is 24.1 Å². The molecular weight excluding hydrogens is 266 g/mol. The Morgan fingerprint density at radius 1 is 1.38 bits per heavy atom. The molecule has 1 aromatic carbocycles. The predicted octanol–water partition coefficient (Wildman–Crippen LogP) is 2.26. The van der Waals surface area contributed by atoms with Crippen molar-refractivity contribution in [3.63, 3.8) is 0 Å². The molecule has 1 fully saturated rings. The summed E-state index contributed by atoms with van der Waals surface area (Å²) in [5.74, 6) is -0.811. The topological polar surface area (TPSA) is 99.1 Å². The molecular formula is C16H21N3O2. The van der Waals surface area contributed by atoms with Gasteiger partial charge in [-0.1, -0.05) is 6.07 Å². The van der Waals surface area contributed by atoms with E-state index in [-0.39, 0.29) is 6.42 Å². The Bertz CT molecular complexity index is 543. The maximum Gasteiger partial charge on any atom is 0.303 e. The van der Waals surface area contributed by atoms with E-state index in [1.807, 2.05) is 12.1 Å². The Balaban J connectivity index is 2.11. The Labute approximate surface area is 124 Å². The molecule has 1 aliphatic rings. The molecule has 21 heavy (non-hydrogen) atoms. The average molecular weight is 287 g/mol. The monoisotopic (exact) mass is 287 g/mol. The summed E-state index contributed by atoms with van der Waals surface area (Å²) in [6.45, 7) is 0. The van der Waals surface area contributed by atoms with E-state index in [1.165, 1.54) is 0 Å². The third-order valence-corrected chi connectivity index (χ3v) is 3.98. The number of nitrogens with one attached hydrogen (secondary N) is 1. The van der Waals surface area contributed by atoms with Gasteiger partial charge in [0.15, 0.2) is 0 Å². The SMILES string of the molecule is N#Cc1ccc(CCC(=O)O)c(NC2CCC(N)CC2)c1. The summed E-state index contributed by atoms with van der Waals surface area (Å²) in [6, 6.07) is 8.16. The number of carboxylic acid groups (broad SMARTS) is 1. The minimum absolute atomic E-state index is 0.0934. The number of hydrogen-bond acceptors (Lipinski definition) is 4. The lowest BCUT2D eigenvalue weighted by molar-refractivity contribution is -0.136. The second-order valence-electron chi connectivity index (χ2n) is 5.63. The van der Waals surface area contributed by atoms with Crippen molar-refractivity contribution in [2.45, 2.75) is 50.6 Å². The molecule has 1 aliphatic carbocycles. The smallest absolute Gasteiger partial charge is 0.303 e. The van der Waals surface area contributed by atoms with E-state index in [2.05, 4.69) is 11.4 Å². The predicted molar refractivity (Wildman–Crippen MR) is 81.0 cm³/mol. The highest BCUT2D eigenvalue weighted by Crippen LogP contribution is 2.25. The molecule has 1 saturated carbocycles. The van der Waals surface area contributed by atoms with Crippen LogP contribution in [0.15, 0.2) is 18.2 Å². The van der Waals surface area contributed by atoms with Crippen LogP contribution in [0.25, 0.3) is 0 Å². The number of anilines is 1. The van der Waals surface area contributed by atoms with Crippen LogP contribution in [0, 0.1) is 11.3 Å². The van der Waals surface area contributed by atoms with Gasteiger partial charge in [0, 0.05) is 24.2 Å². The van der Waals surface area contributed by atoms with Crippen LogP contribution in [0.3, 0.4) is 0 Å². The molecule has 0 amide bonds. The van der Waals surface area contributed by atoms with E-state index < -0.39 is 5.97 Å². The van der Waals surface area contributed by atoms with E-state index in [1.54, 1.807) is 6.07 Å². The number of carbonyl (C=O) groups is 1. The molecule has 0 bridgehead atoms. The molecule has 0 aromatic heterocycles. The Hall–Kier alpha value is -2.06. The van der Waals surface area contributed by atoms with Crippen molar-refractivity contribution in [2.24, 2.45) is 5.73 Å².